The molecule has 57 heavy (non-hydrogen) atoms. The maximum absolute atomic E-state index is 13.9. The summed E-state index contributed by atoms with van der Waals surface area (Å²) in [5.41, 5.74) is 2.20. The van der Waals surface area contributed by atoms with Crippen LogP contribution in [0, 0.1) is 0 Å². The number of amides is 3. The molecule has 3 rings (SSSR count). The molecule has 4 N–H and O–H groups in total. The first-order valence-corrected chi connectivity index (χ1v) is 18.9. The largest absolute Gasteiger partial charge is 0.461 e. The fourth-order valence-electron chi connectivity index (χ4n) is 5.30. The second kappa shape index (κ2) is 27.0. The lowest BCUT2D eigenvalue weighted by molar-refractivity contribution is -0.151. The highest BCUT2D eigenvalue weighted by Gasteiger charge is 2.30. The Bertz CT molecular complexity index is 1660. The van der Waals surface area contributed by atoms with Crippen LogP contribution < -0.4 is 10.6 Å². The van der Waals surface area contributed by atoms with Crippen LogP contribution in [0.5, 0.6) is 0 Å². The molecule has 15 nitrogen and oxygen atoms in total. The van der Waals surface area contributed by atoms with Gasteiger partial charge in [-0.15, -0.1) is 0 Å². The average Bonchev–Trinajstić information content (AvgIpc) is 3.23. The van der Waals surface area contributed by atoms with Crippen molar-refractivity contribution in [2.24, 2.45) is 0 Å². The predicted molar refractivity (Wildman–Crippen MR) is 206 cm³/mol. The molecule has 0 aliphatic carbocycles. The van der Waals surface area contributed by atoms with Crippen molar-refractivity contribution in [2.75, 3.05) is 39.5 Å². The molecule has 15 heteroatoms. The quantitative estimate of drug-likeness (QED) is 0.0500. The van der Waals surface area contributed by atoms with E-state index in [1.54, 1.807) is 78.9 Å². The number of nitrogens with one attached hydrogen (secondary N) is 2. The third-order valence-electron chi connectivity index (χ3n) is 8.42. The summed E-state index contributed by atoms with van der Waals surface area (Å²) in [6.45, 7) is -0.577. The zero-order valence-electron chi connectivity index (χ0n) is 32.1. The molecule has 3 amide bonds. The van der Waals surface area contributed by atoms with Gasteiger partial charge in [-0.1, -0.05) is 91.0 Å². The standard InChI is InChI=1S/C42H53N3O12/c46-24-10-18-38(49)45(23-27-54-26-11-25-47)28-37(48)43-35(19-21-39(50)55-29-32-12-4-1-5-13-32)41(52)44-36(42(53)57-31-34-16-8-3-9-17-34)20-22-40(51)56-30-33-14-6-2-7-15-33/h1-9,12-17,35-36,46-47H,10-11,18-31H2,(H,43,48)(H,44,52)/t35-,36-/m0/s1. The number of benzene rings is 3. The molecule has 0 spiro atoms. The van der Waals surface area contributed by atoms with E-state index in [-0.39, 0.29) is 91.3 Å². The number of carbonyl (C=O) groups is 6. The van der Waals surface area contributed by atoms with E-state index in [2.05, 4.69) is 10.6 Å². The molecule has 0 saturated heterocycles. The van der Waals surface area contributed by atoms with E-state index in [9.17, 15) is 33.9 Å². The number of aliphatic hydroxyl groups excluding tert-OH is 2. The maximum atomic E-state index is 13.9. The van der Waals surface area contributed by atoms with Crippen molar-refractivity contribution in [3.8, 4) is 0 Å². The smallest absolute Gasteiger partial charge is 0.328 e. The minimum absolute atomic E-state index is 0.0100. The monoisotopic (exact) mass is 791 g/mol. The van der Waals surface area contributed by atoms with Gasteiger partial charge in [0.2, 0.25) is 17.7 Å². The molecule has 0 saturated carbocycles. The zero-order chi connectivity index (χ0) is 41.1. The maximum Gasteiger partial charge on any atom is 0.328 e. The van der Waals surface area contributed by atoms with Crippen LogP contribution in [0.1, 0.15) is 61.6 Å². The Labute approximate surface area is 332 Å². The Morgan fingerprint density at radius 1 is 0.579 bits per heavy atom. The molecular weight excluding hydrogens is 738 g/mol. The van der Waals surface area contributed by atoms with Gasteiger partial charge in [0.05, 0.1) is 13.2 Å². The van der Waals surface area contributed by atoms with E-state index in [1.807, 2.05) is 12.1 Å². The molecule has 0 unspecified atom stereocenters. The Kier molecular flexibility index (Phi) is 21.7. The van der Waals surface area contributed by atoms with E-state index in [4.69, 9.17) is 24.1 Å². The SMILES string of the molecule is O=C(CN(CCOCCCO)C(=O)CCCO)N[C@@H](CCC(=O)OCc1ccccc1)C(=O)N[C@@H](CCC(=O)OCc1ccccc1)C(=O)OCc1ccccc1. The highest BCUT2D eigenvalue weighted by atomic mass is 16.5. The zero-order valence-corrected chi connectivity index (χ0v) is 32.1. The first kappa shape index (κ1) is 45.7. The van der Waals surface area contributed by atoms with Crippen molar-refractivity contribution in [3.05, 3.63) is 108 Å². The lowest BCUT2D eigenvalue weighted by Crippen LogP contribution is -2.54. The van der Waals surface area contributed by atoms with Crippen LogP contribution >= 0.6 is 0 Å². The Hall–Kier alpha value is -5.64. The van der Waals surface area contributed by atoms with Crippen LogP contribution in [0.2, 0.25) is 0 Å². The summed E-state index contributed by atoms with van der Waals surface area (Å²) in [5, 5.41) is 23.4. The summed E-state index contributed by atoms with van der Waals surface area (Å²) < 4.78 is 21.7. The van der Waals surface area contributed by atoms with Gasteiger partial charge in [0.1, 0.15) is 31.9 Å². The fourth-order valence-corrected chi connectivity index (χ4v) is 5.30. The van der Waals surface area contributed by atoms with Gasteiger partial charge in [-0.2, -0.15) is 0 Å². The van der Waals surface area contributed by atoms with Crippen molar-refractivity contribution in [1.29, 1.82) is 0 Å². The van der Waals surface area contributed by atoms with Crippen molar-refractivity contribution >= 4 is 35.6 Å². The van der Waals surface area contributed by atoms with Gasteiger partial charge in [-0.05, 0) is 42.4 Å². The number of rotatable bonds is 27. The average molecular weight is 792 g/mol. The highest BCUT2D eigenvalue weighted by molar-refractivity contribution is 5.92. The number of hydrogen-bond acceptors (Lipinski definition) is 12. The molecule has 3 aromatic rings. The first-order chi connectivity index (χ1) is 27.7. The number of nitrogens with zero attached hydrogens (tertiary/aromatic N) is 1. The number of ether oxygens (including phenoxy) is 4. The molecule has 308 valence electrons. The van der Waals surface area contributed by atoms with Gasteiger partial charge in [0.25, 0.3) is 0 Å². The fraction of sp³-hybridized carbons (Fsp3) is 0.429. The molecule has 2 atom stereocenters. The van der Waals surface area contributed by atoms with E-state index in [0.29, 0.717) is 12.0 Å². The lowest BCUT2D eigenvalue weighted by atomic mass is 10.1. The van der Waals surface area contributed by atoms with Crippen LogP contribution in [0.3, 0.4) is 0 Å². The van der Waals surface area contributed by atoms with Crippen LogP contribution in [-0.2, 0) is 67.5 Å². The Morgan fingerprint density at radius 3 is 1.58 bits per heavy atom. The molecule has 0 aromatic heterocycles. The molecule has 3 aromatic carbocycles. The topological polar surface area (TPSA) is 207 Å². The second-order valence-corrected chi connectivity index (χ2v) is 13.0. The van der Waals surface area contributed by atoms with Crippen LogP contribution in [0.25, 0.3) is 0 Å². The van der Waals surface area contributed by atoms with Crippen molar-refractivity contribution in [1.82, 2.24) is 15.5 Å². The van der Waals surface area contributed by atoms with Gasteiger partial charge >= 0.3 is 17.9 Å². The molecule has 0 aliphatic rings. The van der Waals surface area contributed by atoms with Crippen LogP contribution in [-0.4, -0.2) is 102 Å². The van der Waals surface area contributed by atoms with E-state index in [0.717, 1.165) is 11.1 Å². The van der Waals surface area contributed by atoms with Gasteiger partial charge in [-0.3, -0.25) is 24.0 Å². The molecule has 0 bridgehead atoms. The first-order valence-electron chi connectivity index (χ1n) is 18.9. The number of esters is 3. The molecule has 0 fully saturated rings. The summed E-state index contributed by atoms with van der Waals surface area (Å²) in [4.78, 5) is 80.4. The Balaban J connectivity index is 1.75. The van der Waals surface area contributed by atoms with Crippen molar-refractivity contribution in [2.45, 2.75) is 76.9 Å². The van der Waals surface area contributed by atoms with Gasteiger partial charge in [0.15, 0.2) is 0 Å². The van der Waals surface area contributed by atoms with E-state index >= 15 is 0 Å². The predicted octanol–water partition coefficient (Wildman–Crippen LogP) is 2.75. The number of hydrogen-bond donors (Lipinski definition) is 4. The molecule has 0 heterocycles. The van der Waals surface area contributed by atoms with Crippen LogP contribution in [0.4, 0.5) is 0 Å². The summed E-state index contributed by atoms with van der Waals surface area (Å²) >= 11 is 0. The normalized spacial score (nSPS) is 11.8. The Morgan fingerprint density at radius 2 is 1.07 bits per heavy atom. The van der Waals surface area contributed by atoms with Crippen molar-refractivity contribution in [3.63, 3.8) is 0 Å². The molecule has 0 radical (unpaired) electrons. The van der Waals surface area contributed by atoms with Crippen molar-refractivity contribution < 1.29 is 57.9 Å². The summed E-state index contributed by atoms with van der Waals surface area (Å²) in [5.74, 6) is -4.12. The van der Waals surface area contributed by atoms with Gasteiger partial charge in [-0.25, -0.2) is 4.79 Å². The third-order valence-corrected chi connectivity index (χ3v) is 8.42. The lowest BCUT2D eigenvalue weighted by Gasteiger charge is -2.25. The number of aliphatic hydroxyl groups is 2. The third kappa shape index (κ3) is 19.2. The highest BCUT2D eigenvalue weighted by Crippen LogP contribution is 2.11. The van der Waals surface area contributed by atoms with E-state index < -0.39 is 54.3 Å². The summed E-state index contributed by atoms with van der Waals surface area (Å²) in [7, 11) is 0. The minimum atomic E-state index is -1.38. The molecular formula is C42H53N3O12. The second-order valence-electron chi connectivity index (χ2n) is 13.0. The minimum Gasteiger partial charge on any atom is -0.461 e. The number of carbonyl (C=O) groups excluding carboxylic acids is 6. The van der Waals surface area contributed by atoms with Gasteiger partial charge < -0.3 is 44.7 Å². The van der Waals surface area contributed by atoms with Gasteiger partial charge in [0, 0.05) is 45.6 Å². The van der Waals surface area contributed by atoms with E-state index in [1.165, 1.54) is 4.90 Å². The van der Waals surface area contributed by atoms with Crippen LogP contribution in [0.15, 0.2) is 91.0 Å². The summed E-state index contributed by atoms with van der Waals surface area (Å²) in [6.07, 6.45) is -0.476. The molecule has 0 aliphatic heterocycles. The summed E-state index contributed by atoms with van der Waals surface area (Å²) in [6, 6.07) is 24.1.